The largest absolute Gasteiger partial charge is 0.384 e. The van der Waals surface area contributed by atoms with E-state index < -0.39 is 0 Å². The summed E-state index contributed by atoms with van der Waals surface area (Å²) in [6, 6.07) is 7.54. The molecule has 1 fully saturated rings. The molecule has 4 heteroatoms. The number of hydrogen-bond donors (Lipinski definition) is 2. The number of nitrogen functional groups attached to an aromatic ring is 1. The first kappa shape index (κ1) is 10.1. The van der Waals surface area contributed by atoms with Gasteiger partial charge >= 0.3 is 0 Å². The van der Waals surface area contributed by atoms with Gasteiger partial charge in [0.2, 0.25) is 0 Å². The van der Waals surface area contributed by atoms with Gasteiger partial charge in [0, 0.05) is 5.56 Å². The van der Waals surface area contributed by atoms with Gasteiger partial charge in [0.05, 0.1) is 19.8 Å². The molecule has 0 saturated carbocycles. The van der Waals surface area contributed by atoms with Crippen molar-refractivity contribution in [1.82, 2.24) is 0 Å². The molecule has 1 aromatic carbocycles. The van der Waals surface area contributed by atoms with Gasteiger partial charge in [0.25, 0.3) is 0 Å². The third-order valence-electron chi connectivity index (χ3n) is 2.33. The van der Waals surface area contributed by atoms with Crippen LogP contribution in [0.25, 0.3) is 0 Å². The highest BCUT2D eigenvalue weighted by Crippen LogP contribution is 2.11. The fourth-order valence-electron chi connectivity index (χ4n) is 1.35. The van der Waals surface area contributed by atoms with Crippen molar-refractivity contribution in [3.63, 3.8) is 0 Å². The molecule has 0 aliphatic carbocycles. The van der Waals surface area contributed by atoms with Crippen LogP contribution in [0.5, 0.6) is 0 Å². The van der Waals surface area contributed by atoms with Crippen LogP contribution in [0.2, 0.25) is 0 Å². The van der Waals surface area contributed by atoms with E-state index in [1.807, 2.05) is 24.3 Å². The lowest BCUT2D eigenvalue weighted by atomic mass is 10.1. The molecular weight excluding hydrogens is 192 g/mol. The molecular formula is C11H14N2O2. The molecule has 0 radical (unpaired) electrons. The summed E-state index contributed by atoms with van der Waals surface area (Å²) in [6.07, 6.45) is 0.228. The lowest BCUT2D eigenvalue weighted by Gasteiger charge is -2.26. The maximum absolute atomic E-state index is 7.31. The molecule has 2 rings (SSSR count). The number of hydrogen-bond acceptors (Lipinski definition) is 3. The summed E-state index contributed by atoms with van der Waals surface area (Å²) in [4.78, 5) is 0. The highest BCUT2D eigenvalue weighted by Gasteiger charge is 2.18. The number of nitrogens with one attached hydrogen (secondary N) is 1. The second-order valence-electron chi connectivity index (χ2n) is 3.58. The predicted octanol–water partition coefficient (Wildman–Crippen LogP) is 0.886. The second kappa shape index (κ2) is 4.42. The van der Waals surface area contributed by atoms with Gasteiger partial charge in [0.15, 0.2) is 0 Å². The van der Waals surface area contributed by atoms with Gasteiger partial charge in [-0.1, -0.05) is 18.2 Å². The topological polar surface area (TPSA) is 68.3 Å². The Morgan fingerprint density at radius 2 is 2.33 bits per heavy atom. The van der Waals surface area contributed by atoms with Crippen LogP contribution in [0.4, 0.5) is 0 Å². The second-order valence-corrected chi connectivity index (χ2v) is 3.58. The Kier molecular flexibility index (Phi) is 2.99. The van der Waals surface area contributed by atoms with Crippen molar-refractivity contribution in [1.29, 1.82) is 5.41 Å². The molecule has 0 unspecified atom stereocenters. The van der Waals surface area contributed by atoms with Crippen LogP contribution in [0, 0.1) is 5.41 Å². The summed E-state index contributed by atoms with van der Waals surface area (Å²) >= 11 is 0. The molecule has 1 aromatic rings. The van der Waals surface area contributed by atoms with E-state index in [1.54, 1.807) is 0 Å². The van der Waals surface area contributed by atoms with Crippen LogP contribution < -0.4 is 5.73 Å². The summed E-state index contributed by atoms with van der Waals surface area (Å²) in [6.45, 7) is 1.92. The van der Waals surface area contributed by atoms with Gasteiger partial charge in [-0.05, 0) is 11.6 Å². The van der Waals surface area contributed by atoms with E-state index in [0.717, 1.165) is 11.1 Å². The number of nitrogens with two attached hydrogens (primary N) is 1. The van der Waals surface area contributed by atoms with Gasteiger partial charge < -0.3 is 15.2 Å². The van der Waals surface area contributed by atoms with Crippen LogP contribution in [-0.4, -0.2) is 25.2 Å². The van der Waals surface area contributed by atoms with E-state index in [4.69, 9.17) is 20.6 Å². The zero-order valence-electron chi connectivity index (χ0n) is 8.40. The highest BCUT2D eigenvalue weighted by atomic mass is 16.6. The monoisotopic (exact) mass is 206 g/mol. The van der Waals surface area contributed by atoms with Crippen molar-refractivity contribution in [3.8, 4) is 0 Å². The molecule has 1 heterocycles. The van der Waals surface area contributed by atoms with Crippen molar-refractivity contribution in [2.24, 2.45) is 5.73 Å². The molecule has 80 valence electrons. The molecule has 1 saturated heterocycles. The SMILES string of the molecule is N=C(N)c1cccc(COC2COC2)c1. The van der Waals surface area contributed by atoms with E-state index in [9.17, 15) is 0 Å². The summed E-state index contributed by atoms with van der Waals surface area (Å²) in [5, 5.41) is 7.31. The Morgan fingerprint density at radius 1 is 1.53 bits per heavy atom. The van der Waals surface area contributed by atoms with Crippen LogP contribution in [0.15, 0.2) is 24.3 Å². The molecule has 1 aliphatic rings. The smallest absolute Gasteiger partial charge is 0.122 e. The third kappa shape index (κ3) is 2.55. The van der Waals surface area contributed by atoms with Crippen LogP contribution in [0.3, 0.4) is 0 Å². The Balaban J connectivity index is 1.94. The van der Waals surface area contributed by atoms with Crippen LogP contribution in [-0.2, 0) is 16.1 Å². The number of benzene rings is 1. The quantitative estimate of drug-likeness (QED) is 0.567. The predicted molar refractivity (Wildman–Crippen MR) is 56.9 cm³/mol. The van der Waals surface area contributed by atoms with Crippen molar-refractivity contribution in [2.45, 2.75) is 12.7 Å². The van der Waals surface area contributed by atoms with Crippen molar-refractivity contribution >= 4 is 5.84 Å². The first-order valence-electron chi connectivity index (χ1n) is 4.88. The Morgan fingerprint density at radius 3 is 2.93 bits per heavy atom. The van der Waals surface area contributed by atoms with Crippen molar-refractivity contribution < 1.29 is 9.47 Å². The van der Waals surface area contributed by atoms with Gasteiger partial charge in [-0.15, -0.1) is 0 Å². The molecule has 1 aliphatic heterocycles. The summed E-state index contributed by atoms with van der Waals surface area (Å²) in [5.41, 5.74) is 7.17. The Labute approximate surface area is 88.5 Å². The minimum Gasteiger partial charge on any atom is -0.384 e. The first-order valence-corrected chi connectivity index (χ1v) is 4.88. The molecule has 0 amide bonds. The maximum atomic E-state index is 7.31. The van der Waals surface area contributed by atoms with E-state index >= 15 is 0 Å². The first-order chi connectivity index (χ1) is 7.25. The fourth-order valence-corrected chi connectivity index (χ4v) is 1.35. The summed E-state index contributed by atoms with van der Waals surface area (Å²) in [5.74, 6) is 0.0869. The zero-order valence-corrected chi connectivity index (χ0v) is 8.40. The number of rotatable bonds is 4. The molecule has 15 heavy (non-hydrogen) atoms. The average Bonchev–Trinajstić information content (AvgIpc) is 2.16. The lowest BCUT2D eigenvalue weighted by Crippen LogP contribution is -2.35. The van der Waals surface area contributed by atoms with Gasteiger partial charge in [0.1, 0.15) is 11.9 Å². The highest BCUT2D eigenvalue weighted by molar-refractivity contribution is 5.95. The zero-order chi connectivity index (χ0) is 10.7. The van der Waals surface area contributed by atoms with Crippen molar-refractivity contribution in [2.75, 3.05) is 13.2 Å². The minimum atomic E-state index is 0.0869. The van der Waals surface area contributed by atoms with Gasteiger partial charge in [-0.25, -0.2) is 0 Å². The molecule has 0 spiro atoms. The normalized spacial score (nSPS) is 16.0. The van der Waals surface area contributed by atoms with E-state index in [1.165, 1.54) is 0 Å². The standard InChI is InChI=1S/C11H14N2O2/c12-11(13)9-3-1-2-8(4-9)5-15-10-6-14-7-10/h1-4,10H,5-7H2,(H3,12,13). The Bertz CT molecular complexity index is 361. The van der Waals surface area contributed by atoms with E-state index in [0.29, 0.717) is 19.8 Å². The molecule has 0 atom stereocenters. The maximum Gasteiger partial charge on any atom is 0.122 e. The molecule has 0 aromatic heterocycles. The molecule has 3 N–H and O–H groups in total. The Hall–Kier alpha value is -1.39. The van der Waals surface area contributed by atoms with Crippen molar-refractivity contribution in [3.05, 3.63) is 35.4 Å². The molecule has 4 nitrogen and oxygen atoms in total. The van der Waals surface area contributed by atoms with Gasteiger partial charge in [-0.2, -0.15) is 0 Å². The third-order valence-corrected chi connectivity index (χ3v) is 2.33. The van der Waals surface area contributed by atoms with E-state index in [2.05, 4.69) is 0 Å². The minimum absolute atomic E-state index is 0.0869. The lowest BCUT2D eigenvalue weighted by molar-refractivity contribution is -0.135. The van der Waals surface area contributed by atoms with E-state index in [-0.39, 0.29) is 11.9 Å². The number of ether oxygens (including phenoxy) is 2. The number of amidine groups is 1. The average molecular weight is 206 g/mol. The fraction of sp³-hybridized carbons (Fsp3) is 0.364. The molecule has 0 bridgehead atoms. The summed E-state index contributed by atoms with van der Waals surface area (Å²) < 4.78 is 10.6. The summed E-state index contributed by atoms with van der Waals surface area (Å²) in [7, 11) is 0. The van der Waals surface area contributed by atoms with Crippen LogP contribution >= 0.6 is 0 Å². The van der Waals surface area contributed by atoms with Gasteiger partial charge in [-0.3, -0.25) is 5.41 Å². The van der Waals surface area contributed by atoms with Crippen LogP contribution in [0.1, 0.15) is 11.1 Å².